The summed E-state index contributed by atoms with van der Waals surface area (Å²) in [6.45, 7) is 3.87. The molecule has 0 fully saturated rings. The first-order valence-corrected chi connectivity index (χ1v) is 17.7. The van der Waals surface area contributed by atoms with Crippen LogP contribution in [0.25, 0.3) is 0 Å². The van der Waals surface area contributed by atoms with Gasteiger partial charge in [-0.15, -0.1) is 0 Å². The molecular formula is C32H32N10O6S2. The van der Waals surface area contributed by atoms with Crippen molar-refractivity contribution in [1.82, 2.24) is 15.0 Å². The number of nitrogens with one attached hydrogen (secondary N) is 1. The van der Waals surface area contributed by atoms with Gasteiger partial charge in [0.2, 0.25) is 11.9 Å². The molecule has 0 unspecified atom stereocenters. The first-order valence-electron chi connectivity index (χ1n) is 14.8. The highest BCUT2D eigenvalue weighted by Gasteiger charge is 2.18. The van der Waals surface area contributed by atoms with Crippen molar-refractivity contribution in [2.75, 3.05) is 23.9 Å². The lowest BCUT2D eigenvalue weighted by atomic mass is 10.1. The van der Waals surface area contributed by atoms with E-state index < -0.39 is 30.0 Å². The first-order chi connectivity index (χ1) is 23.7. The highest BCUT2D eigenvalue weighted by Crippen LogP contribution is 2.29. The molecule has 0 aliphatic heterocycles. The van der Waals surface area contributed by atoms with E-state index in [1.54, 1.807) is 37.1 Å². The summed E-state index contributed by atoms with van der Waals surface area (Å²) in [7, 11) is -7.84. The number of hydrogen-bond acceptors (Lipinski definition) is 14. The lowest BCUT2D eigenvalue weighted by Crippen LogP contribution is -2.27. The third-order valence-corrected chi connectivity index (χ3v) is 8.79. The molecule has 5 N–H and O–H groups in total. The van der Waals surface area contributed by atoms with Gasteiger partial charge in [-0.1, -0.05) is 30.3 Å². The molecule has 5 rings (SSSR count). The summed E-state index contributed by atoms with van der Waals surface area (Å²) in [6, 6.07) is 22.8. The van der Waals surface area contributed by atoms with E-state index in [0.29, 0.717) is 41.2 Å². The third-order valence-electron chi connectivity index (χ3n) is 7.12. The van der Waals surface area contributed by atoms with E-state index in [0.717, 1.165) is 34.6 Å². The van der Waals surface area contributed by atoms with E-state index in [4.69, 9.17) is 5.73 Å². The zero-order valence-electron chi connectivity index (χ0n) is 27.0. The Bertz CT molecular complexity index is 2270. The zero-order chi connectivity index (χ0) is 36.1. The number of benzene rings is 4. The smallest absolute Gasteiger partial charge is 0.294 e. The van der Waals surface area contributed by atoms with Crippen LogP contribution in [-0.4, -0.2) is 54.6 Å². The van der Waals surface area contributed by atoms with E-state index in [2.05, 4.69) is 40.7 Å². The number of hydrogen-bond donors (Lipinski definition) is 4. The Kier molecular flexibility index (Phi) is 10.7. The molecule has 0 amide bonds. The monoisotopic (exact) mass is 716 g/mol. The van der Waals surface area contributed by atoms with Crippen molar-refractivity contribution in [2.24, 2.45) is 26.2 Å². The van der Waals surface area contributed by atoms with Crippen LogP contribution >= 0.6 is 0 Å². The second-order valence-corrected chi connectivity index (χ2v) is 13.9. The number of rotatable bonds is 12. The summed E-state index contributed by atoms with van der Waals surface area (Å²) >= 11 is 0. The van der Waals surface area contributed by atoms with Crippen LogP contribution in [0, 0.1) is 13.8 Å². The summed E-state index contributed by atoms with van der Waals surface area (Å²) in [5, 5.41) is 19.9. The van der Waals surface area contributed by atoms with E-state index in [9.17, 15) is 25.9 Å². The van der Waals surface area contributed by atoms with Crippen LogP contribution in [0.4, 0.5) is 40.3 Å². The molecule has 0 radical (unpaired) electrons. The van der Waals surface area contributed by atoms with Crippen molar-refractivity contribution >= 4 is 60.6 Å². The maximum atomic E-state index is 11.6. The normalized spacial score (nSPS) is 12.1. The van der Waals surface area contributed by atoms with Gasteiger partial charge in [-0.3, -0.25) is 9.11 Å². The van der Waals surface area contributed by atoms with Crippen LogP contribution in [-0.2, 0) is 26.7 Å². The van der Waals surface area contributed by atoms with Gasteiger partial charge >= 0.3 is 0 Å². The summed E-state index contributed by atoms with van der Waals surface area (Å²) in [4.78, 5) is 13.9. The van der Waals surface area contributed by atoms with Gasteiger partial charge in [0.25, 0.3) is 20.2 Å². The average molecular weight is 717 g/mol. The SMILES string of the molecule is Cc1cc(Cc2nc(Nc3ccc(N=Nc4cc(S(=O)(=O)O)cc(S(=O)(=O)O)c4)c(C)c3)nc(N(C)CN)n2)ccc1N=Nc1ccccc1. The molecule has 0 aliphatic rings. The van der Waals surface area contributed by atoms with Gasteiger partial charge < -0.3 is 16.0 Å². The summed E-state index contributed by atoms with van der Waals surface area (Å²) in [6.07, 6.45) is 0.399. The van der Waals surface area contributed by atoms with E-state index in [-0.39, 0.29) is 18.3 Å². The molecule has 0 saturated heterocycles. The molecule has 0 spiro atoms. The second-order valence-electron chi connectivity index (χ2n) is 11.0. The molecule has 0 atom stereocenters. The topological polar surface area (TPSA) is 238 Å². The Morgan fingerprint density at radius 3 is 1.90 bits per heavy atom. The molecule has 0 saturated carbocycles. The average Bonchev–Trinajstić information content (AvgIpc) is 3.06. The van der Waals surface area contributed by atoms with Crippen molar-refractivity contribution < 1.29 is 25.9 Å². The highest BCUT2D eigenvalue weighted by atomic mass is 32.2. The van der Waals surface area contributed by atoms with Crippen LogP contribution < -0.4 is 16.0 Å². The van der Waals surface area contributed by atoms with E-state index in [1.165, 1.54) is 0 Å². The van der Waals surface area contributed by atoms with Crippen LogP contribution in [0.1, 0.15) is 22.5 Å². The number of anilines is 3. The predicted molar refractivity (Wildman–Crippen MR) is 187 cm³/mol. The largest absolute Gasteiger partial charge is 0.331 e. The van der Waals surface area contributed by atoms with Crippen molar-refractivity contribution in [3.05, 3.63) is 107 Å². The number of nitrogens with zero attached hydrogens (tertiary/aromatic N) is 8. The number of aromatic nitrogens is 3. The molecule has 50 heavy (non-hydrogen) atoms. The van der Waals surface area contributed by atoms with Gasteiger partial charge in [0, 0.05) is 19.2 Å². The molecule has 1 heterocycles. The minimum absolute atomic E-state index is 0.167. The minimum Gasteiger partial charge on any atom is -0.331 e. The molecular weight excluding hydrogens is 685 g/mol. The molecule has 16 nitrogen and oxygen atoms in total. The highest BCUT2D eigenvalue weighted by molar-refractivity contribution is 7.86. The Morgan fingerprint density at radius 1 is 0.720 bits per heavy atom. The molecule has 18 heteroatoms. The summed E-state index contributed by atoms with van der Waals surface area (Å²) in [5.74, 6) is 1.13. The Morgan fingerprint density at radius 2 is 1.32 bits per heavy atom. The van der Waals surface area contributed by atoms with Gasteiger partial charge in [0.15, 0.2) is 0 Å². The van der Waals surface area contributed by atoms with Gasteiger partial charge in [0.1, 0.15) is 5.82 Å². The van der Waals surface area contributed by atoms with E-state index in [1.807, 2.05) is 55.5 Å². The van der Waals surface area contributed by atoms with E-state index >= 15 is 0 Å². The summed E-state index contributed by atoms with van der Waals surface area (Å²) in [5.41, 5.74) is 10.6. The second kappa shape index (κ2) is 14.9. The molecule has 1 aromatic heterocycles. The van der Waals surface area contributed by atoms with Crippen molar-refractivity contribution in [3.63, 3.8) is 0 Å². The quantitative estimate of drug-likeness (QED) is 0.0615. The lowest BCUT2D eigenvalue weighted by molar-refractivity contribution is 0.481. The Hall–Kier alpha value is -5.53. The fourth-order valence-corrected chi connectivity index (χ4v) is 5.69. The predicted octanol–water partition coefficient (Wildman–Crippen LogP) is 6.50. The maximum absolute atomic E-state index is 11.6. The fraction of sp³-hybridized carbons (Fsp3) is 0.156. The molecule has 0 bridgehead atoms. The van der Waals surface area contributed by atoms with Crippen LogP contribution in [0.2, 0.25) is 0 Å². The molecule has 0 aliphatic carbocycles. The van der Waals surface area contributed by atoms with Gasteiger partial charge in [-0.25, -0.2) is 0 Å². The Labute approximate surface area is 288 Å². The first kappa shape index (κ1) is 35.8. The summed E-state index contributed by atoms with van der Waals surface area (Å²) < 4.78 is 65.3. The Balaban J connectivity index is 1.36. The van der Waals surface area contributed by atoms with Gasteiger partial charge in [0.05, 0.1) is 39.2 Å². The number of nitrogens with two attached hydrogens (primary N) is 1. The van der Waals surface area contributed by atoms with Crippen LogP contribution in [0.3, 0.4) is 0 Å². The number of aryl methyl sites for hydroxylation is 2. The van der Waals surface area contributed by atoms with Crippen LogP contribution in [0.5, 0.6) is 0 Å². The number of azo groups is 2. The maximum Gasteiger partial charge on any atom is 0.294 e. The van der Waals surface area contributed by atoms with Crippen LogP contribution in [0.15, 0.2) is 115 Å². The van der Waals surface area contributed by atoms with Crippen molar-refractivity contribution in [2.45, 2.75) is 30.1 Å². The van der Waals surface area contributed by atoms with Gasteiger partial charge in [-0.05, 0) is 85.1 Å². The van der Waals surface area contributed by atoms with Crippen molar-refractivity contribution in [3.8, 4) is 0 Å². The molecule has 5 aromatic rings. The molecule has 4 aromatic carbocycles. The third kappa shape index (κ3) is 9.33. The minimum atomic E-state index is -4.80. The lowest BCUT2D eigenvalue weighted by Gasteiger charge is -2.16. The van der Waals surface area contributed by atoms with Gasteiger partial charge in [-0.2, -0.15) is 52.2 Å². The molecule has 258 valence electrons. The standard InChI is InChI=1S/C32H32N10O6S2/c1-20-13-22(9-11-28(20)40-38-23-7-5-4-6-8-23)15-30-35-31(37-32(36-30)42(3)19-33)34-24-10-12-29(21(2)14-24)41-39-25-16-26(49(43,44)45)18-27(17-25)50(46,47)48/h4-14,16-18H,15,19,33H2,1-3H3,(H,43,44,45)(H,46,47,48)(H,34,35,36,37). The zero-order valence-corrected chi connectivity index (χ0v) is 28.6. The fourth-order valence-electron chi connectivity index (χ4n) is 4.52. The van der Waals surface area contributed by atoms with Crippen molar-refractivity contribution in [1.29, 1.82) is 0 Å².